The van der Waals surface area contributed by atoms with Gasteiger partial charge in [-0.15, -0.1) is 0 Å². The molecule has 3 N–H and O–H groups in total. The Bertz CT molecular complexity index is 321. The molecule has 1 aliphatic heterocycles. The third kappa shape index (κ3) is 3.13. The summed E-state index contributed by atoms with van der Waals surface area (Å²) in [6.07, 6.45) is 1.92. The summed E-state index contributed by atoms with van der Waals surface area (Å²) in [7, 11) is 0. The molecule has 1 saturated heterocycles. The molecule has 1 amide bonds. The molecular weight excluding hydrogens is 234 g/mol. The lowest BCUT2D eigenvalue weighted by molar-refractivity contribution is -0.139. The summed E-state index contributed by atoms with van der Waals surface area (Å²) in [5, 5.41) is 11.6. The first kappa shape index (κ1) is 14.8. The number of piperidine rings is 1. The number of amides is 1. The zero-order chi connectivity index (χ0) is 13.8. The van der Waals surface area contributed by atoms with Crippen molar-refractivity contribution in [3.63, 3.8) is 0 Å². The molecule has 1 heterocycles. The Hall–Kier alpha value is -1.30. The number of carbonyl (C=O) groups excluding carboxylic acids is 1. The highest BCUT2D eigenvalue weighted by molar-refractivity contribution is 6.05. The first-order valence-electron chi connectivity index (χ1n) is 6.32. The number of nitrogens with zero attached hydrogens (tertiary/aromatic N) is 2. The van der Waals surface area contributed by atoms with Crippen LogP contribution in [0.15, 0.2) is 5.16 Å². The molecule has 6 nitrogen and oxygen atoms in total. The maximum atomic E-state index is 12.3. The van der Waals surface area contributed by atoms with E-state index in [1.807, 2.05) is 6.92 Å². The first-order chi connectivity index (χ1) is 8.43. The van der Waals surface area contributed by atoms with Crippen LogP contribution < -0.4 is 5.73 Å². The van der Waals surface area contributed by atoms with Crippen molar-refractivity contribution in [2.75, 3.05) is 19.7 Å². The Labute approximate surface area is 108 Å². The van der Waals surface area contributed by atoms with Crippen LogP contribution >= 0.6 is 0 Å². The van der Waals surface area contributed by atoms with E-state index in [0.29, 0.717) is 19.7 Å². The van der Waals surface area contributed by atoms with Gasteiger partial charge < -0.3 is 20.6 Å². The van der Waals surface area contributed by atoms with Crippen molar-refractivity contribution in [3.05, 3.63) is 0 Å². The molecule has 0 radical (unpaired) electrons. The van der Waals surface area contributed by atoms with Gasteiger partial charge in [0.25, 0.3) is 0 Å². The zero-order valence-electron chi connectivity index (χ0n) is 11.3. The largest absolute Gasteiger partial charge is 0.409 e. The van der Waals surface area contributed by atoms with Gasteiger partial charge in [0.1, 0.15) is 5.41 Å². The molecule has 0 unspecified atom stereocenters. The van der Waals surface area contributed by atoms with E-state index in [-0.39, 0.29) is 17.8 Å². The highest BCUT2D eigenvalue weighted by Gasteiger charge is 2.37. The number of nitrogens with two attached hydrogens (primary N) is 1. The van der Waals surface area contributed by atoms with Crippen LogP contribution in [0.4, 0.5) is 0 Å². The number of ether oxygens (including phenoxy) is 1. The SMILES string of the molecule is CCOC1CCN(C(=O)C(C)(C)C(N)=NO)CC1. The summed E-state index contributed by atoms with van der Waals surface area (Å²) in [5.74, 6) is -0.160. The Morgan fingerprint density at radius 2 is 2.06 bits per heavy atom. The molecule has 1 rings (SSSR count). The van der Waals surface area contributed by atoms with E-state index >= 15 is 0 Å². The lowest BCUT2D eigenvalue weighted by Gasteiger charge is -2.36. The van der Waals surface area contributed by atoms with Gasteiger partial charge in [-0.1, -0.05) is 5.16 Å². The van der Waals surface area contributed by atoms with Crippen LogP contribution in [0.25, 0.3) is 0 Å². The Morgan fingerprint density at radius 3 is 2.50 bits per heavy atom. The minimum Gasteiger partial charge on any atom is -0.409 e. The lowest BCUT2D eigenvalue weighted by atomic mass is 9.89. The van der Waals surface area contributed by atoms with Gasteiger partial charge in [-0.3, -0.25) is 4.79 Å². The molecule has 0 aromatic carbocycles. The van der Waals surface area contributed by atoms with E-state index in [0.717, 1.165) is 12.8 Å². The number of rotatable bonds is 4. The quantitative estimate of drug-likeness (QED) is 0.337. The number of carbonyl (C=O) groups is 1. The van der Waals surface area contributed by atoms with Crippen molar-refractivity contribution in [3.8, 4) is 0 Å². The van der Waals surface area contributed by atoms with Gasteiger partial charge >= 0.3 is 0 Å². The summed E-state index contributed by atoms with van der Waals surface area (Å²) in [5.41, 5.74) is 4.60. The normalized spacial score (nSPS) is 19.1. The van der Waals surface area contributed by atoms with Gasteiger partial charge in [-0.05, 0) is 33.6 Å². The number of amidine groups is 1. The fourth-order valence-electron chi connectivity index (χ4n) is 2.09. The highest BCUT2D eigenvalue weighted by atomic mass is 16.5. The maximum absolute atomic E-state index is 12.3. The monoisotopic (exact) mass is 257 g/mol. The van der Waals surface area contributed by atoms with Crippen molar-refractivity contribution in [2.24, 2.45) is 16.3 Å². The van der Waals surface area contributed by atoms with Crippen molar-refractivity contribution < 1.29 is 14.7 Å². The molecule has 0 bridgehead atoms. The average Bonchev–Trinajstić information content (AvgIpc) is 2.38. The van der Waals surface area contributed by atoms with Gasteiger partial charge in [0.2, 0.25) is 5.91 Å². The molecule has 18 heavy (non-hydrogen) atoms. The minimum atomic E-state index is -0.965. The molecule has 1 aliphatic rings. The van der Waals surface area contributed by atoms with E-state index in [4.69, 9.17) is 15.7 Å². The first-order valence-corrected chi connectivity index (χ1v) is 6.32. The van der Waals surface area contributed by atoms with Crippen LogP contribution in [0.2, 0.25) is 0 Å². The van der Waals surface area contributed by atoms with Gasteiger partial charge in [-0.25, -0.2) is 0 Å². The number of hydrogen-bond donors (Lipinski definition) is 2. The van der Waals surface area contributed by atoms with E-state index < -0.39 is 5.41 Å². The van der Waals surface area contributed by atoms with Gasteiger partial charge in [0, 0.05) is 19.7 Å². The third-order valence-corrected chi connectivity index (χ3v) is 3.41. The second-order valence-corrected chi connectivity index (χ2v) is 5.06. The van der Waals surface area contributed by atoms with E-state index in [2.05, 4.69) is 5.16 Å². The fraction of sp³-hybridized carbons (Fsp3) is 0.833. The smallest absolute Gasteiger partial charge is 0.235 e. The Morgan fingerprint density at radius 1 is 1.50 bits per heavy atom. The molecule has 0 aromatic rings. The predicted molar refractivity (Wildman–Crippen MR) is 68.4 cm³/mol. The molecule has 0 saturated carbocycles. The predicted octanol–water partition coefficient (Wildman–Crippen LogP) is 0.786. The van der Waals surface area contributed by atoms with E-state index in [1.165, 1.54) is 0 Å². The second-order valence-electron chi connectivity index (χ2n) is 5.06. The van der Waals surface area contributed by atoms with Gasteiger partial charge in [0.15, 0.2) is 5.84 Å². The summed E-state index contributed by atoms with van der Waals surface area (Å²) >= 11 is 0. The van der Waals surface area contributed by atoms with Crippen molar-refractivity contribution in [2.45, 2.75) is 39.7 Å². The number of oxime groups is 1. The minimum absolute atomic E-state index is 0.0561. The molecule has 0 spiro atoms. The Kier molecular flexibility index (Phi) is 4.95. The summed E-state index contributed by atoms with van der Waals surface area (Å²) < 4.78 is 5.54. The van der Waals surface area contributed by atoms with Crippen LogP contribution in [0, 0.1) is 5.41 Å². The molecular formula is C12H23N3O3. The summed E-state index contributed by atoms with van der Waals surface area (Å²) in [6.45, 7) is 7.32. The average molecular weight is 257 g/mol. The van der Waals surface area contributed by atoms with Crippen molar-refractivity contribution in [1.82, 2.24) is 4.90 Å². The summed E-state index contributed by atoms with van der Waals surface area (Å²) in [6, 6.07) is 0. The Balaban J connectivity index is 2.60. The standard InChI is InChI=1S/C12H23N3O3/c1-4-18-9-5-7-15(8-6-9)11(16)12(2,3)10(13)14-17/h9,17H,4-8H2,1-3H3,(H2,13,14). The molecule has 1 fully saturated rings. The highest BCUT2D eigenvalue weighted by Crippen LogP contribution is 2.23. The van der Waals surface area contributed by atoms with Crippen molar-refractivity contribution in [1.29, 1.82) is 0 Å². The van der Waals surface area contributed by atoms with Crippen molar-refractivity contribution >= 4 is 11.7 Å². The molecule has 0 aromatic heterocycles. The molecule has 104 valence electrons. The maximum Gasteiger partial charge on any atom is 0.235 e. The van der Waals surface area contributed by atoms with Crippen LogP contribution in [-0.4, -0.2) is 47.7 Å². The van der Waals surface area contributed by atoms with Crippen LogP contribution in [0.1, 0.15) is 33.6 Å². The van der Waals surface area contributed by atoms with Crippen LogP contribution in [-0.2, 0) is 9.53 Å². The van der Waals surface area contributed by atoms with Gasteiger partial charge in [-0.2, -0.15) is 0 Å². The van der Waals surface area contributed by atoms with Gasteiger partial charge in [0.05, 0.1) is 6.10 Å². The topological polar surface area (TPSA) is 88.2 Å². The third-order valence-electron chi connectivity index (χ3n) is 3.41. The van der Waals surface area contributed by atoms with Crippen LogP contribution in [0.3, 0.4) is 0 Å². The summed E-state index contributed by atoms with van der Waals surface area (Å²) in [4.78, 5) is 14.1. The zero-order valence-corrected chi connectivity index (χ0v) is 11.3. The lowest BCUT2D eigenvalue weighted by Crippen LogP contribution is -2.51. The number of likely N-dealkylation sites (tertiary alicyclic amines) is 1. The van der Waals surface area contributed by atoms with Crippen LogP contribution in [0.5, 0.6) is 0 Å². The number of hydrogen-bond acceptors (Lipinski definition) is 4. The molecule has 0 aliphatic carbocycles. The fourth-order valence-corrected chi connectivity index (χ4v) is 2.09. The second kappa shape index (κ2) is 6.04. The van der Waals surface area contributed by atoms with E-state index in [9.17, 15) is 4.79 Å². The molecule has 6 heteroatoms. The van der Waals surface area contributed by atoms with E-state index in [1.54, 1.807) is 18.7 Å². The molecule has 0 atom stereocenters.